The molecule has 3 unspecified atom stereocenters. The minimum atomic E-state index is -0.554. The summed E-state index contributed by atoms with van der Waals surface area (Å²) in [6.07, 6.45) is 7.89. The van der Waals surface area contributed by atoms with Crippen LogP contribution in [0.2, 0.25) is 0 Å². The molecule has 1 saturated heterocycles. The van der Waals surface area contributed by atoms with Gasteiger partial charge in [0, 0.05) is 18.6 Å². The first kappa shape index (κ1) is 12.3. The third-order valence-electron chi connectivity index (χ3n) is 4.00. The van der Waals surface area contributed by atoms with Crippen molar-refractivity contribution in [3.8, 4) is 0 Å². The van der Waals surface area contributed by atoms with E-state index in [2.05, 4.69) is 15.3 Å². The smallest absolute Gasteiger partial charge is 0.268 e. The van der Waals surface area contributed by atoms with Gasteiger partial charge in [-0.25, -0.2) is 4.98 Å². The van der Waals surface area contributed by atoms with Crippen LogP contribution in [0, 0.1) is 5.92 Å². The molecule has 2 fully saturated rings. The monoisotopic (exact) mass is 262 g/mol. The molecule has 1 aromatic rings. The number of rotatable bonds is 3. The van der Waals surface area contributed by atoms with E-state index in [0.717, 1.165) is 32.3 Å². The molecule has 1 aliphatic carbocycles. The Labute approximate surface area is 111 Å². The average molecular weight is 262 g/mol. The number of carbonyl (C=O) groups is 1. The number of nitrogens with one attached hydrogen (secondary N) is 1. The van der Waals surface area contributed by atoms with Gasteiger partial charge in [0.05, 0.1) is 18.5 Å². The quantitative estimate of drug-likeness (QED) is 0.846. The largest absolute Gasteiger partial charge is 0.378 e. The van der Waals surface area contributed by atoms with Crippen molar-refractivity contribution < 1.29 is 9.53 Å². The number of aromatic nitrogens is 2. The van der Waals surface area contributed by atoms with E-state index in [4.69, 9.17) is 10.5 Å². The van der Waals surface area contributed by atoms with Crippen LogP contribution in [0.5, 0.6) is 0 Å². The van der Waals surface area contributed by atoms with Gasteiger partial charge in [-0.1, -0.05) is 0 Å². The fourth-order valence-corrected chi connectivity index (χ4v) is 3.10. The molecular formula is C13H18N4O2. The number of carbonyl (C=O) groups excluding carboxylic acids is 1. The fourth-order valence-electron chi connectivity index (χ4n) is 3.10. The number of fused-ring (bicyclic) bond motifs is 1. The number of anilines is 1. The highest BCUT2D eigenvalue weighted by Gasteiger charge is 2.37. The number of primary amides is 1. The number of ether oxygens (including phenoxy) is 1. The highest BCUT2D eigenvalue weighted by atomic mass is 16.5. The molecule has 1 saturated carbocycles. The summed E-state index contributed by atoms with van der Waals surface area (Å²) < 4.78 is 5.74. The maximum absolute atomic E-state index is 11.1. The Kier molecular flexibility index (Phi) is 3.33. The Morgan fingerprint density at radius 3 is 3.11 bits per heavy atom. The lowest BCUT2D eigenvalue weighted by molar-refractivity contribution is 0.0619. The van der Waals surface area contributed by atoms with Crippen molar-refractivity contribution in [2.24, 2.45) is 11.7 Å². The lowest BCUT2D eigenvalue weighted by Gasteiger charge is -2.33. The zero-order valence-corrected chi connectivity index (χ0v) is 10.7. The van der Waals surface area contributed by atoms with Gasteiger partial charge in [-0.3, -0.25) is 9.78 Å². The number of hydrogen-bond acceptors (Lipinski definition) is 5. The van der Waals surface area contributed by atoms with E-state index in [1.807, 2.05) is 0 Å². The molecule has 2 heterocycles. The molecule has 2 aliphatic rings. The van der Waals surface area contributed by atoms with E-state index in [1.165, 1.54) is 6.20 Å². The van der Waals surface area contributed by atoms with E-state index in [9.17, 15) is 4.79 Å². The Hall–Kier alpha value is -1.69. The van der Waals surface area contributed by atoms with Crippen molar-refractivity contribution in [1.29, 1.82) is 0 Å². The van der Waals surface area contributed by atoms with Crippen LogP contribution in [0.3, 0.4) is 0 Å². The predicted octanol–water partition coefficient (Wildman–Crippen LogP) is 0.945. The van der Waals surface area contributed by atoms with Crippen molar-refractivity contribution in [2.75, 3.05) is 11.9 Å². The van der Waals surface area contributed by atoms with Gasteiger partial charge in [-0.15, -0.1) is 0 Å². The van der Waals surface area contributed by atoms with Gasteiger partial charge in [-0.05, 0) is 25.7 Å². The topological polar surface area (TPSA) is 90.1 Å². The van der Waals surface area contributed by atoms with Gasteiger partial charge in [0.1, 0.15) is 11.5 Å². The lowest BCUT2D eigenvalue weighted by Crippen LogP contribution is -2.38. The van der Waals surface area contributed by atoms with Crippen LogP contribution >= 0.6 is 0 Å². The summed E-state index contributed by atoms with van der Waals surface area (Å²) in [5.74, 6) is 0.600. The van der Waals surface area contributed by atoms with E-state index in [-0.39, 0.29) is 5.69 Å². The molecule has 6 nitrogen and oxygen atoms in total. The maximum Gasteiger partial charge on any atom is 0.268 e. The average Bonchev–Trinajstić information content (AvgIpc) is 2.88. The molecule has 102 valence electrons. The zero-order chi connectivity index (χ0) is 13.2. The molecule has 1 amide bonds. The first-order valence-electron chi connectivity index (χ1n) is 6.74. The third-order valence-corrected chi connectivity index (χ3v) is 4.00. The summed E-state index contributed by atoms with van der Waals surface area (Å²) in [6.45, 7) is 0.848. The first-order valence-corrected chi connectivity index (χ1v) is 6.74. The van der Waals surface area contributed by atoms with Gasteiger partial charge in [0.25, 0.3) is 5.91 Å². The molecule has 1 aromatic heterocycles. The van der Waals surface area contributed by atoms with Crippen LogP contribution in [-0.2, 0) is 4.74 Å². The standard InChI is InChI=1S/C13H18N4O2/c14-13(18)10-6-15-7-12(17-10)16-9-2-1-3-11-8(9)4-5-19-11/h6-9,11H,1-5H2,(H2,14,18)(H,16,17). The first-order chi connectivity index (χ1) is 9.24. The van der Waals surface area contributed by atoms with Gasteiger partial charge in [-0.2, -0.15) is 0 Å². The van der Waals surface area contributed by atoms with Crippen molar-refractivity contribution in [1.82, 2.24) is 9.97 Å². The van der Waals surface area contributed by atoms with Gasteiger partial charge >= 0.3 is 0 Å². The van der Waals surface area contributed by atoms with Crippen LogP contribution in [0.15, 0.2) is 12.4 Å². The van der Waals surface area contributed by atoms with Crippen LogP contribution in [0.25, 0.3) is 0 Å². The number of nitrogens with two attached hydrogens (primary N) is 1. The summed E-state index contributed by atoms with van der Waals surface area (Å²) in [5.41, 5.74) is 5.41. The summed E-state index contributed by atoms with van der Waals surface area (Å²) in [4.78, 5) is 19.3. The van der Waals surface area contributed by atoms with Crippen molar-refractivity contribution in [2.45, 2.75) is 37.8 Å². The van der Waals surface area contributed by atoms with Gasteiger partial charge in [0.15, 0.2) is 0 Å². The SMILES string of the molecule is NC(=O)c1cncc(NC2CCCC3OCCC23)n1. The van der Waals surface area contributed by atoms with Crippen LogP contribution < -0.4 is 11.1 Å². The van der Waals surface area contributed by atoms with Crippen molar-refractivity contribution in [3.05, 3.63) is 18.1 Å². The van der Waals surface area contributed by atoms with E-state index in [0.29, 0.717) is 23.9 Å². The summed E-state index contributed by atoms with van der Waals surface area (Å²) in [5, 5.41) is 3.39. The Bertz CT molecular complexity index is 479. The minimum absolute atomic E-state index is 0.194. The minimum Gasteiger partial charge on any atom is -0.378 e. The molecule has 3 rings (SSSR count). The zero-order valence-electron chi connectivity index (χ0n) is 10.7. The normalized spacial score (nSPS) is 29.8. The summed E-state index contributed by atoms with van der Waals surface area (Å²) in [7, 11) is 0. The molecule has 1 aliphatic heterocycles. The van der Waals surface area contributed by atoms with Crippen LogP contribution in [0.1, 0.15) is 36.2 Å². The van der Waals surface area contributed by atoms with Crippen molar-refractivity contribution >= 4 is 11.7 Å². The Balaban J connectivity index is 1.73. The predicted molar refractivity (Wildman–Crippen MR) is 69.7 cm³/mol. The third kappa shape index (κ3) is 2.53. The van der Waals surface area contributed by atoms with E-state index < -0.39 is 5.91 Å². The van der Waals surface area contributed by atoms with Crippen molar-refractivity contribution in [3.63, 3.8) is 0 Å². The molecule has 19 heavy (non-hydrogen) atoms. The fraction of sp³-hybridized carbons (Fsp3) is 0.615. The highest BCUT2D eigenvalue weighted by Crippen LogP contribution is 2.35. The molecule has 0 bridgehead atoms. The molecule has 0 aromatic carbocycles. The highest BCUT2D eigenvalue weighted by molar-refractivity contribution is 5.90. The summed E-state index contributed by atoms with van der Waals surface area (Å²) in [6, 6.07) is 0.346. The number of nitrogens with zero attached hydrogens (tertiary/aromatic N) is 2. The molecule has 0 spiro atoms. The lowest BCUT2D eigenvalue weighted by atomic mass is 9.82. The Morgan fingerprint density at radius 1 is 1.37 bits per heavy atom. The molecule has 0 radical (unpaired) electrons. The number of amides is 1. The number of hydrogen-bond donors (Lipinski definition) is 2. The second-order valence-corrected chi connectivity index (χ2v) is 5.20. The second-order valence-electron chi connectivity index (χ2n) is 5.20. The molecule has 3 N–H and O–H groups in total. The second kappa shape index (κ2) is 5.13. The maximum atomic E-state index is 11.1. The Morgan fingerprint density at radius 2 is 2.26 bits per heavy atom. The molecule has 6 heteroatoms. The van der Waals surface area contributed by atoms with E-state index >= 15 is 0 Å². The van der Waals surface area contributed by atoms with Crippen LogP contribution in [-0.4, -0.2) is 34.6 Å². The molecular weight excluding hydrogens is 244 g/mol. The van der Waals surface area contributed by atoms with E-state index in [1.54, 1.807) is 6.20 Å². The van der Waals surface area contributed by atoms with Gasteiger partial charge < -0.3 is 15.8 Å². The van der Waals surface area contributed by atoms with Crippen LogP contribution in [0.4, 0.5) is 5.82 Å². The molecule has 3 atom stereocenters. The summed E-state index contributed by atoms with van der Waals surface area (Å²) >= 11 is 0. The van der Waals surface area contributed by atoms with Gasteiger partial charge in [0.2, 0.25) is 0 Å².